The van der Waals surface area contributed by atoms with Crippen molar-refractivity contribution in [3.63, 3.8) is 0 Å². The molecule has 10 rings (SSSR count). The van der Waals surface area contributed by atoms with Crippen LogP contribution in [0.4, 0.5) is 0 Å². The third kappa shape index (κ3) is 6.77. The molecule has 0 radical (unpaired) electrons. The van der Waals surface area contributed by atoms with E-state index in [0.717, 1.165) is 0 Å². The van der Waals surface area contributed by atoms with Crippen molar-refractivity contribution in [2.24, 2.45) is 0 Å². The van der Waals surface area contributed by atoms with Crippen LogP contribution in [0, 0.1) is 0 Å². The summed E-state index contributed by atoms with van der Waals surface area (Å²) in [6.45, 7) is 0. The zero-order valence-electron chi connectivity index (χ0n) is 30.9. The summed E-state index contributed by atoms with van der Waals surface area (Å²) in [6.07, 6.45) is 4.29. The Hall–Kier alpha value is -9.06. The molecule has 4 aromatic carbocycles. The van der Waals surface area contributed by atoms with Crippen molar-refractivity contribution in [2.45, 2.75) is 0 Å². The molecule has 0 fully saturated rings. The first-order valence-corrected chi connectivity index (χ1v) is 18.2. The van der Waals surface area contributed by atoms with Gasteiger partial charge < -0.3 is 15.3 Å². The Labute approximate surface area is 338 Å². The summed E-state index contributed by atoms with van der Waals surface area (Å²) < 4.78 is 3.60. The zero-order valence-corrected chi connectivity index (χ0v) is 30.9. The molecule has 0 atom stereocenters. The summed E-state index contributed by atoms with van der Waals surface area (Å²) >= 11 is 0. The molecule has 18 heteroatoms. The summed E-state index contributed by atoms with van der Waals surface area (Å²) in [5.41, 5.74) is 3.41. The predicted octanol–water partition coefficient (Wildman–Crippen LogP) is 5.92. The molecule has 0 aliphatic rings. The Kier molecular flexibility index (Phi) is 8.71. The normalized spacial score (nSPS) is 11.2. The number of rotatable bonds is 9. The third-order valence-corrected chi connectivity index (χ3v) is 9.11. The highest BCUT2D eigenvalue weighted by Crippen LogP contribution is 2.33. The maximum Gasteiger partial charge on any atom is 0.257 e. The standard InChI is InChI=1S/C42H27N15O3/c58-31-16-19-43-55(31)40-49-34(25-10-4-1-5-11-25)46-37(52-40)28-22-29(38-47-35(26-12-6-2-7-13-26)50-41(53-38)56-32(59)17-20-44-56)24-30(23-28)39-48-36(27-14-8-3-9-15-27)51-42(54-39)57-33(60)18-21-45-57/h1-24,58-60H. The SMILES string of the molecule is Oc1ccnn1-c1nc(-c2ccccc2)nc(-c2cc(-c3nc(-c4ccccc4)nc(-n4nccc4O)n3)cc(-c3nc(-c4ccccc4)nc(-n4nccc4O)n3)c2)n1. The van der Waals surface area contributed by atoms with E-state index < -0.39 is 0 Å². The summed E-state index contributed by atoms with van der Waals surface area (Å²) in [4.78, 5) is 43.1. The third-order valence-electron chi connectivity index (χ3n) is 9.11. The van der Waals surface area contributed by atoms with Crippen LogP contribution in [0.5, 0.6) is 17.6 Å². The molecule has 60 heavy (non-hydrogen) atoms. The molecule has 6 aromatic heterocycles. The fraction of sp³-hybridized carbons (Fsp3) is 0. The van der Waals surface area contributed by atoms with Crippen LogP contribution in [0.25, 0.3) is 86.2 Å². The lowest BCUT2D eigenvalue weighted by molar-refractivity contribution is 0.429. The van der Waals surface area contributed by atoms with Crippen LogP contribution in [0.1, 0.15) is 0 Å². The van der Waals surface area contributed by atoms with E-state index in [1.54, 1.807) is 18.2 Å². The van der Waals surface area contributed by atoms with E-state index in [9.17, 15) is 15.3 Å². The highest BCUT2D eigenvalue weighted by atomic mass is 16.3. The van der Waals surface area contributed by atoms with Crippen molar-refractivity contribution in [3.05, 3.63) is 146 Å². The van der Waals surface area contributed by atoms with Gasteiger partial charge in [-0.1, -0.05) is 91.0 Å². The summed E-state index contributed by atoms with van der Waals surface area (Å²) in [6, 6.07) is 37.6. The highest BCUT2D eigenvalue weighted by Gasteiger charge is 2.21. The van der Waals surface area contributed by atoms with Crippen molar-refractivity contribution in [1.29, 1.82) is 0 Å². The first kappa shape index (κ1) is 35.4. The number of aromatic hydroxyl groups is 3. The van der Waals surface area contributed by atoms with E-state index in [1.807, 2.05) is 91.0 Å². The topological polar surface area (TPSA) is 230 Å². The van der Waals surface area contributed by atoms with Gasteiger partial charge in [-0.2, -0.15) is 59.2 Å². The highest BCUT2D eigenvalue weighted by molar-refractivity contribution is 5.77. The molecular weight excluding hydrogens is 763 g/mol. The van der Waals surface area contributed by atoms with Crippen molar-refractivity contribution in [1.82, 2.24) is 74.2 Å². The van der Waals surface area contributed by atoms with E-state index in [0.29, 0.717) is 50.9 Å². The second kappa shape index (κ2) is 14.8. The Bertz CT molecular complexity index is 2810. The number of nitrogens with zero attached hydrogens (tertiary/aromatic N) is 15. The van der Waals surface area contributed by atoms with Gasteiger partial charge in [0.2, 0.25) is 17.6 Å². The smallest absolute Gasteiger partial charge is 0.257 e. The molecule has 0 aliphatic heterocycles. The molecule has 0 bridgehead atoms. The first-order chi connectivity index (χ1) is 29.4. The summed E-state index contributed by atoms with van der Waals surface area (Å²) in [5, 5.41) is 44.9. The van der Waals surface area contributed by atoms with Crippen molar-refractivity contribution in [2.75, 3.05) is 0 Å². The predicted molar refractivity (Wildman–Crippen MR) is 216 cm³/mol. The minimum Gasteiger partial charge on any atom is -0.493 e. The number of benzene rings is 4. The van der Waals surface area contributed by atoms with Crippen LogP contribution in [0.2, 0.25) is 0 Å². The van der Waals surface area contributed by atoms with E-state index in [-0.39, 0.29) is 53.0 Å². The Morgan fingerprint density at radius 2 is 0.533 bits per heavy atom. The van der Waals surface area contributed by atoms with Crippen LogP contribution in [0.15, 0.2) is 146 Å². The molecule has 0 saturated carbocycles. The molecule has 10 aromatic rings. The van der Waals surface area contributed by atoms with Gasteiger partial charge in [0.15, 0.2) is 34.9 Å². The minimum atomic E-state index is -0.179. The van der Waals surface area contributed by atoms with Crippen LogP contribution in [0.3, 0.4) is 0 Å². The van der Waals surface area contributed by atoms with Crippen molar-refractivity contribution < 1.29 is 15.3 Å². The summed E-state index contributed by atoms with van der Waals surface area (Å²) in [7, 11) is 0. The second-order valence-electron chi connectivity index (χ2n) is 13.0. The van der Waals surface area contributed by atoms with Gasteiger partial charge in [-0.25, -0.2) is 15.0 Å². The lowest BCUT2D eigenvalue weighted by Gasteiger charge is -2.13. The quantitative estimate of drug-likeness (QED) is 0.154. The Balaban J connectivity index is 1.25. The maximum absolute atomic E-state index is 10.7. The molecular formula is C42H27N15O3. The van der Waals surface area contributed by atoms with Gasteiger partial charge in [0.05, 0.1) is 18.6 Å². The average Bonchev–Trinajstić information content (AvgIpc) is 4.07. The van der Waals surface area contributed by atoms with Crippen molar-refractivity contribution in [3.8, 4) is 104 Å². The molecule has 0 amide bonds. The maximum atomic E-state index is 10.7. The van der Waals surface area contributed by atoms with E-state index >= 15 is 0 Å². The van der Waals surface area contributed by atoms with Crippen LogP contribution in [-0.4, -0.2) is 89.5 Å². The van der Waals surface area contributed by atoms with Gasteiger partial charge in [-0.3, -0.25) is 0 Å². The number of hydrogen-bond donors (Lipinski definition) is 3. The minimum absolute atomic E-state index is 0.0549. The molecule has 288 valence electrons. The van der Waals surface area contributed by atoms with Gasteiger partial charge in [-0.15, -0.1) is 0 Å². The Morgan fingerprint density at radius 1 is 0.283 bits per heavy atom. The van der Waals surface area contributed by atoms with Crippen LogP contribution < -0.4 is 0 Å². The first-order valence-electron chi connectivity index (χ1n) is 18.2. The van der Waals surface area contributed by atoms with Gasteiger partial charge in [0.1, 0.15) is 0 Å². The van der Waals surface area contributed by atoms with Gasteiger partial charge in [-0.05, 0) is 18.2 Å². The molecule has 6 heterocycles. The lowest BCUT2D eigenvalue weighted by atomic mass is 10.0. The van der Waals surface area contributed by atoms with E-state index in [4.69, 9.17) is 29.9 Å². The fourth-order valence-corrected chi connectivity index (χ4v) is 6.28. The van der Waals surface area contributed by atoms with Gasteiger partial charge >= 0.3 is 0 Å². The van der Waals surface area contributed by atoms with Crippen molar-refractivity contribution >= 4 is 0 Å². The zero-order chi connectivity index (χ0) is 40.6. The molecule has 3 N–H and O–H groups in total. The largest absolute Gasteiger partial charge is 0.493 e. The molecule has 18 nitrogen and oxygen atoms in total. The average molecular weight is 790 g/mol. The van der Waals surface area contributed by atoms with Crippen LogP contribution in [-0.2, 0) is 0 Å². The van der Waals surface area contributed by atoms with Crippen LogP contribution >= 0.6 is 0 Å². The monoisotopic (exact) mass is 789 g/mol. The fourth-order valence-electron chi connectivity index (χ4n) is 6.28. The number of aromatic nitrogens is 15. The lowest BCUT2D eigenvalue weighted by Crippen LogP contribution is -2.09. The summed E-state index contributed by atoms with van der Waals surface area (Å²) in [5.74, 6) is 1.14. The second-order valence-corrected chi connectivity index (χ2v) is 13.0. The van der Waals surface area contributed by atoms with E-state index in [2.05, 4.69) is 30.2 Å². The molecule has 0 spiro atoms. The van der Waals surface area contributed by atoms with Gasteiger partial charge in [0.25, 0.3) is 17.8 Å². The number of hydrogen-bond acceptors (Lipinski definition) is 15. The van der Waals surface area contributed by atoms with E-state index in [1.165, 1.54) is 50.8 Å². The molecule has 0 aliphatic carbocycles. The van der Waals surface area contributed by atoms with Gasteiger partial charge in [0, 0.05) is 51.6 Å². The molecule has 0 unspecified atom stereocenters. The molecule has 0 saturated heterocycles. The Morgan fingerprint density at radius 3 is 0.767 bits per heavy atom.